The molecule has 1 aromatic carbocycles. The zero-order valence-corrected chi connectivity index (χ0v) is 11.9. The zero-order valence-electron chi connectivity index (χ0n) is 11.9. The van der Waals surface area contributed by atoms with Gasteiger partial charge in [-0.25, -0.2) is 0 Å². The summed E-state index contributed by atoms with van der Waals surface area (Å²) in [5.74, 6) is 0.809. The summed E-state index contributed by atoms with van der Waals surface area (Å²) < 4.78 is 10.5. The minimum Gasteiger partial charge on any atom is -0.497 e. The lowest BCUT2D eigenvalue weighted by molar-refractivity contribution is 0.0539. The van der Waals surface area contributed by atoms with Gasteiger partial charge in [-0.05, 0) is 31.0 Å². The van der Waals surface area contributed by atoms with Crippen LogP contribution in [0.15, 0.2) is 24.3 Å². The second kappa shape index (κ2) is 6.37. The smallest absolute Gasteiger partial charge is 0.118 e. The summed E-state index contributed by atoms with van der Waals surface area (Å²) in [6.07, 6.45) is 0.850. The van der Waals surface area contributed by atoms with E-state index in [0.29, 0.717) is 6.10 Å². The Morgan fingerprint density at radius 2 is 1.95 bits per heavy atom. The second-order valence-electron chi connectivity index (χ2n) is 5.10. The van der Waals surface area contributed by atoms with E-state index in [2.05, 4.69) is 11.8 Å². The van der Waals surface area contributed by atoms with Gasteiger partial charge >= 0.3 is 0 Å². The molecule has 1 N–H and O–H groups in total. The molecule has 1 fully saturated rings. The van der Waals surface area contributed by atoms with E-state index in [9.17, 15) is 5.11 Å². The Kier molecular flexibility index (Phi) is 4.80. The molecule has 106 valence electrons. The molecule has 3 atom stereocenters. The molecular weight excluding hydrogens is 242 g/mol. The van der Waals surface area contributed by atoms with E-state index in [0.717, 1.165) is 30.8 Å². The summed E-state index contributed by atoms with van der Waals surface area (Å²) in [6.45, 7) is 3.94. The summed E-state index contributed by atoms with van der Waals surface area (Å²) in [5, 5.41) is 10.4. The Morgan fingerprint density at radius 3 is 2.47 bits per heavy atom. The van der Waals surface area contributed by atoms with Crippen molar-refractivity contribution in [2.75, 3.05) is 27.3 Å². The maximum atomic E-state index is 10.4. The van der Waals surface area contributed by atoms with Crippen molar-refractivity contribution in [3.8, 4) is 5.75 Å². The molecule has 0 spiro atoms. The van der Waals surface area contributed by atoms with Crippen molar-refractivity contribution in [1.29, 1.82) is 0 Å². The molecule has 1 aliphatic heterocycles. The summed E-state index contributed by atoms with van der Waals surface area (Å²) in [7, 11) is 3.39. The van der Waals surface area contributed by atoms with Gasteiger partial charge in [0.2, 0.25) is 0 Å². The van der Waals surface area contributed by atoms with Crippen molar-refractivity contribution in [3.63, 3.8) is 0 Å². The Bertz CT molecular complexity index is 393. The SMILES string of the molecule is COc1ccc(C(O)C(C)N2CCC(OC)C2)cc1. The Labute approximate surface area is 114 Å². The van der Waals surface area contributed by atoms with Crippen LogP contribution in [-0.2, 0) is 4.74 Å². The maximum Gasteiger partial charge on any atom is 0.118 e. The summed E-state index contributed by atoms with van der Waals surface area (Å²) in [6, 6.07) is 7.70. The lowest BCUT2D eigenvalue weighted by Crippen LogP contribution is -2.36. The van der Waals surface area contributed by atoms with E-state index in [1.807, 2.05) is 24.3 Å². The number of likely N-dealkylation sites (tertiary alicyclic amines) is 1. The lowest BCUT2D eigenvalue weighted by atomic mass is 10.0. The van der Waals surface area contributed by atoms with Gasteiger partial charge in [-0.15, -0.1) is 0 Å². The molecule has 4 nitrogen and oxygen atoms in total. The molecule has 4 heteroatoms. The maximum absolute atomic E-state index is 10.4. The number of nitrogens with zero attached hydrogens (tertiary/aromatic N) is 1. The molecule has 1 heterocycles. The van der Waals surface area contributed by atoms with Crippen LogP contribution in [0.2, 0.25) is 0 Å². The van der Waals surface area contributed by atoms with Gasteiger partial charge in [0.05, 0.1) is 19.3 Å². The van der Waals surface area contributed by atoms with Crippen molar-refractivity contribution in [1.82, 2.24) is 4.90 Å². The highest BCUT2D eigenvalue weighted by molar-refractivity contribution is 5.29. The number of benzene rings is 1. The first-order valence-electron chi connectivity index (χ1n) is 6.74. The molecule has 0 saturated carbocycles. The number of hydrogen-bond donors (Lipinski definition) is 1. The number of methoxy groups -OCH3 is 2. The molecule has 19 heavy (non-hydrogen) atoms. The monoisotopic (exact) mass is 265 g/mol. The topological polar surface area (TPSA) is 41.9 Å². The average Bonchev–Trinajstić information content (AvgIpc) is 2.94. The van der Waals surface area contributed by atoms with Crippen LogP contribution in [0.5, 0.6) is 5.75 Å². The first-order chi connectivity index (χ1) is 9.15. The van der Waals surface area contributed by atoms with Crippen molar-refractivity contribution in [3.05, 3.63) is 29.8 Å². The van der Waals surface area contributed by atoms with Crippen LogP contribution in [0, 0.1) is 0 Å². The highest BCUT2D eigenvalue weighted by Gasteiger charge is 2.30. The van der Waals surface area contributed by atoms with E-state index in [-0.39, 0.29) is 6.04 Å². The van der Waals surface area contributed by atoms with Crippen LogP contribution < -0.4 is 4.74 Å². The van der Waals surface area contributed by atoms with Crippen LogP contribution in [0.3, 0.4) is 0 Å². The predicted molar refractivity (Wildman–Crippen MR) is 74.4 cm³/mol. The predicted octanol–water partition coefficient (Wildman–Crippen LogP) is 1.84. The van der Waals surface area contributed by atoms with Crippen molar-refractivity contribution in [2.45, 2.75) is 31.6 Å². The van der Waals surface area contributed by atoms with Gasteiger partial charge in [0.25, 0.3) is 0 Å². The molecule has 1 aromatic rings. The van der Waals surface area contributed by atoms with Crippen LogP contribution in [0.1, 0.15) is 25.0 Å². The highest BCUT2D eigenvalue weighted by atomic mass is 16.5. The third-order valence-electron chi connectivity index (χ3n) is 4.00. The van der Waals surface area contributed by atoms with Gasteiger partial charge in [0, 0.05) is 26.2 Å². The van der Waals surface area contributed by atoms with Crippen LogP contribution in [0.25, 0.3) is 0 Å². The molecule has 0 bridgehead atoms. The Hall–Kier alpha value is -1.10. The normalized spacial score (nSPS) is 23.3. The summed E-state index contributed by atoms with van der Waals surface area (Å²) in [4.78, 5) is 2.28. The molecule has 1 aliphatic rings. The number of aliphatic hydroxyl groups excluding tert-OH is 1. The van der Waals surface area contributed by atoms with Crippen LogP contribution in [-0.4, -0.2) is 49.5 Å². The van der Waals surface area contributed by atoms with E-state index in [1.54, 1.807) is 14.2 Å². The largest absolute Gasteiger partial charge is 0.497 e. The molecule has 0 aromatic heterocycles. The van der Waals surface area contributed by atoms with E-state index < -0.39 is 6.10 Å². The third kappa shape index (κ3) is 3.26. The van der Waals surface area contributed by atoms with Crippen molar-refractivity contribution < 1.29 is 14.6 Å². The average molecular weight is 265 g/mol. The lowest BCUT2D eigenvalue weighted by Gasteiger charge is -2.28. The second-order valence-corrected chi connectivity index (χ2v) is 5.10. The van der Waals surface area contributed by atoms with Gasteiger partial charge in [0.1, 0.15) is 5.75 Å². The summed E-state index contributed by atoms with van der Waals surface area (Å²) >= 11 is 0. The van der Waals surface area contributed by atoms with E-state index in [4.69, 9.17) is 9.47 Å². The van der Waals surface area contributed by atoms with Gasteiger partial charge < -0.3 is 14.6 Å². The fourth-order valence-electron chi connectivity index (χ4n) is 2.60. The molecule has 2 rings (SSSR count). The van der Waals surface area contributed by atoms with Crippen LogP contribution >= 0.6 is 0 Å². The first-order valence-corrected chi connectivity index (χ1v) is 6.74. The van der Waals surface area contributed by atoms with Gasteiger partial charge in [-0.3, -0.25) is 4.90 Å². The molecule has 0 radical (unpaired) electrons. The fraction of sp³-hybridized carbons (Fsp3) is 0.600. The minimum absolute atomic E-state index is 0.0912. The van der Waals surface area contributed by atoms with Crippen molar-refractivity contribution in [2.24, 2.45) is 0 Å². The molecular formula is C15H23NO3. The number of hydrogen-bond acceptors (Lipinski definition) is 4. The third-order valence-corrected chi connectivity index (χ3v) is 4.00. The van der Waals surface area contributed by atoms with Crippen molar-refractivity contribution >= 4 is 0 Å². The van der Waals surface area contributed by atoms with Crippen LogP contribution in [0.4, 0.5) is 0 Å². The fourth-order valence-corrected chi connectivity index (χ4v) is 2.60. The number of ether oxygens (including phenoxy) is 2. The Morgan fingerprint density at radius 1 is 1.26 bits per heavy atom. The number of aliphatic hydroxyl groups is 1. The quantitative estimate of drug-likeness (QED) is 0.882. The summed E-state index contributed by atoms with van der Waals surface area (Å²) in [5.41, 5.74) is 0.925. The molecule has 1 saturated heterocycles. The van der Waals surface area contributed by atoms with Gasteiger partial charge in [-0.2, -0.15) is 0 Å². The molecule has 3 unspecified atom stereocenters. The zero-order chi connectivity index (χ0) is 13.8. The molecule has 0 amide bonds. The Balaban J connectivity index is 1.99. The van der Waals surface area contributed by atoms with E-state index >= 15 is 0 Å². The van der Waals surface area contributed by atoms with Gasteiger partial charge in [-0.1, -0.05) is 12.1 Å². The standard InChI is InChI=1S/C15H23NO3/c1-11(16-9-8-14(10-16)19-3)15(17)12-4-6-13(18-2)7-5-12/h4-7,11,14-15,17H,8-10H2,1-3H3. The van der Waals surface area contributed by atoms with Gasteiger partial charge in [0.15, 0.2) is 0 Å². The first kappa shape index (κ1) is 14.3. The minimum atomic E-state index is -0.485. The molecule has 0 aliphatic carbocycles. The highest BCUT2D eigenvalue weighted by Crippen LogP contribution is 2.26. The van der Waals surface area contributed by atoms with E-state index in [1.165, 1.54) is 0 Å². The number of rotatable bonds is 5.